The van der Waals surface area contributed by atoms with Crippen LogP contribution in [0, 0.1) is 0 Å². The van der Waals surface area contributed by atoms with Crippen molar-refractivity contribution in [1.82, 2.24) is 19.6 Å². The quantitative estimate of drug-likeness (QED) is 0.718. The Labute approximate surface area is 183 Å². The van der Waals surface area contributed by atoms with E-state index in [0.717, 1.165) is 5.56 Å². The zero-order valence-electron chi connectivity index (χ0n) is 18.6. The van der Waals surface area contributed by atoms with Gasteiger partial charge in [0, 0.05) is 52.4 Å². The minimum atomic E-state index is -0.536. The summed E-state index contributed by atoms with van der Waals surface area (Å²) in [6, 6.07) is 9.49. The number of nitrogens with zero attached hydrogens (tertiary/aromatic N) is 4. The molecule has 0 aliphatic carbocycles. The molecule has 2 aliphatic heterocycles. The van der Waals surface area contributed by atoms with Gasteiger partial charge in [0.05, 0.1) is 0 Å². The van der Waals surface area contributed by atoms with Gasteiger partial charge in [0.1, 0.15) is 12.2 Å². The summed E-state index contributed by atoms with van der Waals surface area (Å²) in [5.74, 6) is 0. The SMILES string of the molecule is CC(C)(C)OC(=O)N1CCN(C(=O)N2CCN(C(=O)OCc3ccccc3)CC2)CC1. The van der Waals surface area contributed by atoms with Gasteiger partial charge in [-0.15, -0.1) is 0 Å². The van der Waals surface area contributed by atoms with Crippen molar-refractivity contribution in [3.05, 3.63) is 35.9 Å². The molecule has 0 aromatic heterocycles. The van der Waals surface area contributed by atoms with Crippen molar-refractivity contribution in [3.63, 3.8) is 0 Å². The molecule has 0 radical (unpaired) electrons. The average molecular weight is 433 g/mol. The Morgan fingerprint density at radius 2 is 1.19 bits per heavy atom. The third kappa shape index (κ3) is 6.50. The lowest BCUT2D eigenvalue weighted by Crippen LogP contribution is -2.58. The predicted molar refractivity (Wildman–Crippen MR) is 115 cm³/mol. The summed E-state index contributed by atoms with van der Waals surface area (Å²) in [4.78, 5) is 44.1. The number of carbonyl (C=O) groups excluding carboxylic acids is 3. The van der Waals surface area contributed by atoms with E-state index < -0.39 is 5.60 Å². The summed E-state index contributed by atoms with van der Waals surface area (Å²) in [6.45, 7) is 9.39. The number of piperazine rings is 2. The molecule has 1 aromatic rings. The van der Waals surface area contributed by atoms with Gasteiger partial charge in [-0.1, -0.05) is 30.3 Å². The third-order valence-corrected chi connectivity index (χ3v) is 5.22. The van der Waals surface area contributed by atoms with Crippen LogP contribution in [-0.4, -0.2) is 95.8 Å². The van der Waals surface area contributed by atoms with Gasteiger partial charge in [0.25, 0.3) is 0 Å². The van der Waals surface area contributed by atoms with Crippen LogP contribution in [0.5, 0.6) is 0 Å². The Morgan fingerprint density at radius 1 is 0.742 bits per heavy atom. The fraction of sp³-hybridized carbons (Fsp3) is 0.591. The summed E-state index contributed by atoms with van der Waals surface area (Å²) >= 11 is 0. The number of carbonyl (C=O) groups is 3. The molecule has 0 saturated carbocycles. The first kappa shape index (κ1) is 22.7. The minimum absolute atomic E-state index is 0.0545. The molecule has 9 heteroatoms. The number of benzene rings is 1. The van der Waals surface area contributed by atoms with Crippen LogP contribution in [0.2, 0.25) is 0 Å². The maximum absolute atomic E-state index is 12.8. The third-order valence-electron chi connectivity index (χ3n) is 5.22. The molecule has 0 unspecified atom stereocenters. The van der Waals surface area contributed by atoms with Gasteiger partial charge in [-0.2, -0.15) is 0 Å². The molecule has 2 heterocycles. The molecule has 9 nitrogen and oxygen atoms in total. The lowest BCUT2D eigenvalue weighted by Gasteiger charge is -2.40. The molecule has 0 bridgehead atoms. The minimum Gasteiger partial charge on any atom is -0.445 e. The van der Waals surface area contributed by atoms with Gasteiger partial charge >= 0.3 is 18.2 Å². The molecule has 170 valence electrons. The fourth-order valence-corrected chi connectivity index (χ4v) is 3.50. The second kappa shape index (κ2) is 9.89. The van der Waals surface area contributed by atoms with E-state index in [1.54, 1.807) is 19.6 Å². The Morgan fingerprint density at radius 3 is 1.68 bits per heavy atom. The Kier molecular flexibility index (Phi) is 7.25. The number of hydrogen-bond donors (Lipinski definition) is 0. The molecule has 4 amide bonds. The van der Waals surface area contributed by atoms with Crippen LogP contribution < -0.4 is 0 Å². The topological polar surface area (TPSA) is 82.6 Å². The van der Waals surface area contributed by atoms with Crippen molar-refractivity contribution in [2.75, 3.05) is 52.4 Å². The number of hydrogen-bond acceptors (Lipinski definition) is 5. The largest absolute Gasteiger partial charge is 0.445 e. The number of rotatable bonds is 2. The number of urea groups is 1. The molecule has 31 heavy (non-hydrogen) atoms. The van der Waals surface area contributed by atoms with Crippen molar-refractivity contribution in [2.45, 2.75) is 33.0 Å². The summed E-state index contributed by atoms with van der Waals surface area (Å²) < 4.78 is 10.8. The maximum Gasteiger partial charge on any atom is 0.410 e. The Bertz CT molecular complexity index is 764. The molecular formula is C22H32N4O5. The Balaban J connectivity index is 1.39. The summed E-state index contributed by atoms with van der Waals surface area (Å²) in [7, 11) is 0. The van der Waals surface area contributed by atoms with Crippen molar-refractivity contribution >= 4 is 18.2 Å². The second-order valence-electron chi connectivity index (χ2n) is 8.75. The molecule has 1 aromatic carbocycles. The highest BCUT2D eigenvalue weighted by Crippen LogP contribution is 2.14. The van der Waals surface area contributed by atoms with Crippen molar-refractivity contribution in [3.8, 4) is 0 Å². The van der Waals surface area contributed by atoms with Crippen LogP contribution in [-0.2, 0) is 16.1 Å². The van der Waals surface area contributed by atoms with Crippen LogP contribution in [0.25, 0.3) is 0 Å². The van der Waals surface area contributed by atoms with E-state index in [-0.39, 0.29) is 24.8 Å². The van der Waals surface area contributed by atoms with E-state index in [9.17, 15) is 14.4 Å². The van der Waals surface area contributed by atoms with Crippen LogP contribution in [0.15, 0.2) is 30.3 Å². The van der Waals surface area contributed by atoms with Crippen molar-refractivity contribution < 1.29 is 23.9 Å². The predicted octanol–water partition coefficient (Wildman–Crippen LogP) is 2.61. The van der Waals surface area contributed by atoms with Crippen LogP contribution in [0.1, 0.15) is 26.3 Å². The van der Waals surface area contributed by atoms with E-state index in [2.05, 4.69) is 0 Å². The molecule has 0 atom stereocenters. The molecule has 2 aliphatic rings. The lowest BCUT2D eigenvalue weighted by molar-refractivity contribution is 0.0150. The second-order valence-corrected chi connectivity index (χ2v) is 8.75. The zero-order chi connectivity index (χ0) is 22.4. The first-order valence-corrected chi connectivity index (χ1v) is 10.7. The number of amides is 4. The molecule has 2 saturated heterocycles. The van der Waals surface area contributed by atoms with Gasteiger partial charge in [-0.25, -0.2) is 14.4 Å². The Hall–Kier alpha value is -2.97. The highest BCUT2D eigenvalue weighted by Gasteiger charge is 2.31. The average Bonchev–Trinajstić information content (AvgIpc) is 2.77. The maximum atomic E-state index is 12.8. The molecule has 3 rings (SSSR count). The van der Waals surface area contributed by atoms with Gasteiger partial charge in [-0.05, 0) is 26.3 Å². The van der Waals surface area contributed by atoms with E-state index in [1.165, 1.54) is 0 Å². The smallest absolute Gasteiger partial charge is 0.410 e. The summed E-state index contributed by atoms with van der Waals surface area (Å²) in [5, 5.41) is 0. The van der Waals surface area contributed by atoms with Crippen molar-refractivity contribution in [1.29, 1.82) is 0 Å². The summed E-state index contributed by atoms with van der Waals surface area (Å²) in [5.41, 5.74) is 0.404. The fourth-order valence-electron chi connectivity index (χ4n) is 3.50. The lowest BCUT2D eigenvalue weighted by atomic mass is 10.2. The van der Waals surface area contributed by atoms with Gasteiger partial charge < -0.3 is 29.1 Å². The summed E-state index contributed by atoms with van der Waals surface area (Å²) in [6.07, 6.45) is -0.704. The highest BCUT2D eigenvalue weighted by molar-refractivity contribution is 5.76. The van der Waals surface area contributed by atoms with Crippen LogP contribution >= 0.6 is 0 Å². The van der Waals surface area contributed by atoms with Crippen LogP contribution in [0.3, 0.4) is 0 Å². The van der Waals surface area contributed by atoms with Crippen molar-refractivity contribution in [2.24, 2.45) is 0 Å². The monoisotopic (exact) mass is 432 g/mol. The van der Waals surface area contributed by atoms with Gasteiger partial charge in [0.15, 0.2) is 0 Å². The molecular weight excluding hydrogens is 400 g/mol. The first-order chi connectivity index (χ1) is 14.7. The van der Waals surface area contributed by atoms with E-state index in [4.69, 9.17) is 9.47 Å². The number of ether oxygens (including phenoxy) is 2. The van der Waals surface area contributed by atoms with Crippen LogP contribution in [0.4, 0.5) is 14.4 Å². The van der Waals surface area contributed by atoms with Gasteiger partial charge in [-0.3, -0.25) is 0 Å². The molecule has 2 fully saturated rings. The molecule has 0 spiro atoms. The zero-order valence-corrected chi connectivity index (χ0v) is 18.6. The van der Waals surface area contributed by atoms with E-state index in [1.807, 2.05) is 51.1 Å². The van der Waals surface area contributed by atoms with E-state index in [0.29, 0.717) is 52.4 Å². The standard InChI is InChI=1S/C22H32N4O5/c1-22(2,3)31-21(29)26-15-11-24(12-16-26)19(27)23-9-13-25(14-10-23)20(28)30-17-18-7-5-4-6-8-18/h4-8H,9-17H2,1-3H3. The van der Waals surface area contributed by atoms with E-state index >= 15 is 0 Å². The van der Waals surface area contributed by atoms with Gasteiger partial charge in [0.2, 0.25) is 0 Å². The highest BCUT2D eigenvalue weighted by atomic mass is 16.6. The molecule has 0 N–H and O–H groups in total. The first-order valence-electron chi connectivity index (χ1n) is 10.7. The normalized spacial score (nSPS) is 17.4.